The molecule has 3 rings (SSSR count). The fourth-order valence-corrected chi connectivity index (χ4v) is 2.49. The second-order valence-electron chi connectivity index (χ2n) is 5.47. The number of benzene rings is 3. The average Bonchev–Trinajstić information content (AvgIpc) is 2.64. The predicted octanol–water partition coefficient (Wildman–Crippen LogP) is 4.78. The average molecular weight is 319 g/mol. The molecule has 0 aliphatic rings. The van der Waals surface area contributed by atoms with Crippen molar-refractivity contribution in [1.82, 2.24) is 5.32 Å². The van der Waals surface area contributed by atoms with Crippen molar-refractivity contribution in [1.29, 1.82) is 0 Å². The Morgan fingerprint density at radius 3 is 2.12 bits per heavy atom. The van der Waals surface area contributed by atoms with Gasteiger partial charge in [0.25, 0.3) is 0 Å². The summed E-state index contributed by atoms with van der Waals surface area (Å²) in [6, 6.07) is 26.0. The fraction of sp³-hybridized carbons (Fsp3) is 0.143. The van der Waals surface area contributed by atoms with E-state index in [2.05, 4.69) is 23.5 Å². The Morgan fingerprint density at radius 1 is 0.708 bits per heavy atom. The molecule has 3 nitrogen and oxygen atoms in total. The van der Waals surface area contributed by atoms with E-state index in [9.17, 15) is 0 Å². The van der Waals surface area contributed by atoms with Gasteiger partial charge in [-0.1, -0.05) is 48.5 Å². The predicted molar refractivity (Wildman–Crippen MR) is 96.5 cm³/mol. The van der Waals surface area contributed by atoms with E-state index in [1.807, 2.05) is 60.7 Å². The maximum Gasteiger partial charge on any atom is 0.127 e. The van der Waals surface area contributed by atoms with Crippen molar-refractivity contribution in [2.75, 3.05) is 7.11 Å². The summed E-state index contributed by atoms with van der Waals surface area (Å²) >= 11 is 0. The van der Waals surface area contributed by atoms with Gasteiger partial charge < -0.3 is 14.8 Å². The van der Waals surface area contributed by atoms with E-state index in [1.165, 1.54) is 5.56 Å². The van der Waals surface area contributed by atoms with Crippen LogP contribution in [0.2, 0.25) is 0 Å². The highest BCUT2D eigenvalue weighted by Gasteiger charge is 2.01. The molecule has 0 aliphatic carbocycles. The van der Waals surface area contributed by atoms with Gasteiger partial charge in [0, 0.05) is 18.7 Å². The second-order valence-corrected chi connectivity index (χ2v) is 5.47. The summed E-state index contributed by atoms with van der Waals surface area (Å²) in [6.45, 7) is 1.57. The first kappa shape index (κ1) is 16.1. The standard InChI is InChI=1S/C21H21NO2/c1-23-21-10-6-5-7-18(21)16-22-15-17-11-13-20(14-12-17)24-19-8-3-2-4-9-19/h2-14,22H,15-16H2,1H3. The minimum absolute atomic E-state index is 0.770. The molecule has 0 aliphatic heterocycles. The summed E-state index contributed by atoms with van der Waals surface area (Å²) in [5.41, 5.74) is 2.37. The summed E-state index contributed by atoms with van der Waals surface area (Å²) < 4.78 is 11.2. The van der Waals surface area contributed by atoms with Gasteiger partial charge in [0.1, 0.15) is 17.2 Å². The third-order valence-corrected chi connectivity index (χ3v) is 3.74. The zero-order valence-electron chi connectivity index (χ0n) is 13.7. The normalized spacial score (nSPS) is 10.4. The molecular formula is C21H21NO2. The van der Waals surface area contributed by atoms with Gasteiger partial charge >= 0.3 is 0 Å². The maximum absolute atomic E-state index is 5.80. The molecule has 24 heavy (non-hydrogen) atoms. The summed E-state index contributed by atoms with van der Waals surface area (Å²) in [6.07, 6.45) is 0. The Labute approximate surface area is 142 Å². The van der Waals surface area contributed by atoms with Gasteiger partial charge in [0.15, 0.2) is 0 Å². The van der Waals surface area contributed by atoms with Gasteiger partial charge in [0.05, 0.1) is 7.11 Å². The molecule has 0 spiro atoms. The van der Waals surface area contributed by atoms with E-state index in [0.717, 1.165) is 35.9 Å². The van der Waals surface area contributed by atoms with E-state index in [4.69, 9.17) is 9.47 Å². The van der Waals surface area contributed by atoms with Crippen LogP contribution in [0.3, 0.4) is 0 Å². The number of rotatable bonds is 7. The molecule has 0 amide bonds. The molecular weight excluding hydrogens is 298 g/mol. The Kier molecular flexibility index (Phi) is 5.48. The van der Waals surface area contributed by atoms with Crippen LogP contribution < -0.4 is 14.8 Å². The van der Waals surface area contributed by atoms with E-state index >= 15 is 0 Å². The number of para-hydroxylation sites is 2. The van der Waals surface area contributed by atoms with Crippen LogP contribution in [-0.4, -0.2) is 7.11 Å². The van der Waals surface area contributed by atoms with Crippen LogP contribution in [0.4, 0.5) is 0 Å². The summed E-state index contributed by atoms with van der Waals surface area (Å²) in [5, 5.41) is 3.44. The van der Waals surface area contributed by atoms with Crippen LogP contribution in [-0.2, 0) is 13.1 Å². The van der Waals surface area contributed by atoms with Gasteiger partial charge in [-0.15, -0.1) is 0 Å². The topological polar surface area (TPSA) is 30.5 Å². The lowest BCUT2D eigenvalue weighted by Crippen LogP contribution is -2.13. The number of hydrogen-bond donors (Lipinski definition) is 1. The molecule has 0 unspecified atom stereocenters. The number of nitrogens with one attached hydrogen (secondary N) is 1. The minimum atomic E-state index is 0.770. The van der Waals surface area contributed by atoms with Gasteiger partial charge in [-0.3, -0.25) is 0 Å². The lowest BCUT2D eigenvalue weighted by molar-refractivity contribution is 0.407. The molecule has 3 aromatic carbocycles. The summed E-state index contributed by atoms with van der Waals surface area (Å²) in [5.74, 6) is 2.60. The minimum Gasteiger partial charge on any atom is -0.496 e. The Hall–Kier alpha value is -2.78. The smallest absolute Gasteiger partial charge is 0.127 e. The van der Waals surface area contributed by atoms with E-state index < -0.39 is 0 Å². The highest BCUT2D eigenvalue weighted by Crippen LogP contribution is 2.21. The lowest BCUT2D eigenvalue weighted by Gasteiger charge is -2.10. The molecule has 3 aromatic rings. The molecule has 0 aromatic heterocycles. The Balaban J connectivity index is 1.53. The molecule has 0 bridgehead atoms. The zero-order chi connectivity index (χ0) is 16.6. The number of ether oxygens (including phenoxy) is 2. The third-order valence-electron chi connectivity index (χ3n) is 3.74. The quantitative estimate of drug-likeness (QED) is 0.680. The first-order valence-electron chi connectivity index (χ1n) is 7.99. The van der Waals surface area contributed by atoms with Crippen molar-refractivity contribution in [3.63, 3.8) is 0 Å². The molecule has 0 fully saturated rings. The van der Waals surface area contributed by atoms with Crippen molar-refractivity contribution < 1.29 is 9.47 Å². The van der Waals surface area contributed by atoms with E-state index in [-0.39, 0.29) is 0 Å². The molecule has 0 atom stereocenters. The molecule has 0 saturated carbocycles. The molecule has 0 saturated heterocycles. The molecule has 122 valence electrons. The van der Waals surface area contributed by atoms with Crippen LogP contribution in [0.1, 0.15) is 11.1 Å². The molecule has 0 radical (unpaired) electrons. The van der Waals surface area contributed by atoms with Crippen LogP contribution in [0, 0.1) is 0 Å². The second kappa shape index (κ2) is 8.18. The van der Waals surface area contributed by atoms with Crippen LogP contribution in [0.5, 0.6) is 17.2 Å². The SMILES string of the molecule is COc1ccccc1CNCc1ccc(Oc2ccccc2)cc1. The molecule has 0 heterocycles. The van der Waals surface area contributed by atoms with E-state index in [1.54, 1.807) is 7.11 Å². The van der Waals surface area contributed by atoms with Gasteiger partial charge in [-0.2, -0.15) is 0 Å². The third kappa shape index (κ3) is 4.37. The highest BCUT2D eigenvalue weighted by atomic mass is 16.5. The van der Waals surface area contributed by atoms with Crippen LogP contribution in [0.15, 0.2) is 78.9 Å². The van der Waals surface area contributed by atoms with Crippen molar-refractivity contribution in [3.8, 4) is 17.2 Å². The van der Waals surface area contributed by atoms with Crippen molar-refractivity contribution in [2.24, 2.45) is 0 Å². The Bertz CT molecular complexity index is 754. The van der Waals surface area contributed by atoms with Gasteiger partial charge in [-0.05, 0) is 35.9 Å². The zero-order valence-corrected chi connectivity index (χ0v) is 13.7. The largest absolute Gasteiger partial charge is 0.496 e. The van der Waals surface area contributed by atoms with E-state index in [0.29, 0.717) is 0 Å². The molecule has 1 N–H and O–H groups in total. The van der Waals surface area contributed by atoms with Crippen LogP contribution >= 0.6 is 0 Å². The fourth-order valence-electron chi connectivity index (χ4n) is 2.49. The van der Waals surface area contributed by atoms with Crippen molar-refractivity contribution in [2.45, 2.75) is 13.1 Å². The van der Waals surface area contributed by atoms with Crippen molar-refractivity contribution >= 4 is 0 Å². The summed E-state index contributed by atoms with van der Waals surface area (Å²) in [4.78, 5) is 0. The highest BCUT2D eigenvalue weighted by molar-refractivity contribution is 5.34. The molecule has 3 heteroatoms. The number of methoxy groups -OCH3 is 1. The Morgan fingerprint density at radius 2 is 1.38 bits per heavy atom. The van der Waals surface area contributed by atoms with Gasteiger partial charge in [0.2, 0.25) is 0 Å². The monoisotopic (exact) mass is 319 g/mol. The maximum atomic E-state index is 5.80. The lowest BCUT2D eigenvalue weighted by atomic mass is 10.2. The summed E-state index contributed by atoms with van der Waals surface area (Å²) in [7, 11) is 1.70. The first-order valence-corrected chi connectivity index (χ1v) is 7.99. The van der Waals surface area contributed by atoms with Crippen molar-refractivity contribution in [3.05, 3.63) is 90.0 Å². The van der Waals surface area contributed by atoms with Crippen LogP contribution in [0.25, 0.3) is 0 Å². The number of hydrogen-bond acceptors (Lipinski definition) is 3. The van der Waals surface area contributed by atoms with Gasteiger partial charge in [-0.25, -0.2) is 0 Å². The first-order chi connectivity index (χ1) is 11.8.